The standard InChI is InChI=1S/C61H87N5O7.Mg/c1-15-45-41(10)49-33-51-43(12)47(27-28-55(67)73-30-29-39(8)26-20-25-38(7)24-19-23-37(6)22-18-21-36(4)5)59(65-51)48(32-56(68)71-14)60-58(61(70)62-40(9)31-57(69)72-17-3)44(13)52(66-60)35-54-46(16-2)42(11)50(64-54)34-53(45)63-49;/h15,29,33-38,40,43,47,63-64H,1,16-28,30-32H2,2-14H3,(H,62,70);/q;+2. The largest absolute Gasteiger partial charge is 2.00 e. The summed E-state index contributed by atoms with van der Waals surface area (Å²) in [5.41, 5.74) is 12.3. The van der Waals surface area contributed by atoms with E-state index in [1.54, 1.807) is 13.8 Å². The van der Waals surface area contributed by atoms with E-state index < -0.39 is 23.9 Å². The zero-order chi connectivity index (χ0) is 53.5. The minimum atomic E-state index is -0.575. The Bertz CT molecular complexity index is 2690. The first kappa shape index (κ1) is 61.5. The van der Waals surface area contributed by atoms with E-state index in [4.69, 9.17) is 24.2 Å². The first-order chi connectivity index (χ1) is 34.8. The van der Waals surface area contributed by atoms with Crippen LogP contribution in [-0.4, -0.2) is 93.2 Å². The summed E-state index contributed by atoms with van der Waals surface area (Å²) in [5.74, 6) is -0.0567. The number of aromatic nitrogens is 4. The molecule has 0 radical (unpaired) electrons. The van der Waals surface area contributed by atoms with Gasteiger partial charge in [-0.15, -0.1) is 0 Å². The van der Waals surface area contributed by atoms with Gasteiger partial charge in [-0.25, -0.2) is 4.98 Å². The molecule has 74 heavy (non-hydrogen) atoms. The van der Waals surface area contributed by atoms with Crippen LogP contribution < -0.4 is 5.32 Å². The summed E-state index contributed by atoms with van der Waals surface area (Å²) in [6.07, 6.45) is 16.0. The number of carbonyl (C=O) groups excluding carboxylic acids is 4. The number of carbonyl (C=O) groups is 4. The molecule has 398 valence electrons. The van der Waals surface area contributed by atoms with Crippen LogP contribution in [0.1, 0.15) is 209 Å². The second-order valence-electron chi connectivity index (χ2n) is 21.4. The number of nitrogens with zero attached hydrogens (tertiary/aromatic N) is 2. The number of aromatic amines is 2. The summed E-state index contributed by atoms with van der Waals surface area (Å²) in [6, 6.07) is 5.52. The van der Waals surface area contributed by atoms with Crippen molar-refractivity contribution < 1.29 is 33.4 Å². The molecule has 5 unspecified atom stereocenters. The van der Waals surface area contributed by atoms with Gasteiger partial charge in [0.25, 0.3) is 5.91 Å². The Morgan fingerprint density at radius 2 is 1.43 bits per heavy atom. The van der Waals surface area contributed by atoms with Crippen molar-refractivity contribution in [2.24, 2.45) is 17.8 Å². The molecular formula is C61H87MgN5O7+2. The number of allylic oxidation sites excluding steroid dienone is 2. The smallest absolute Gasteiger partial charge is 0.469 e. The third-order valence-electron chi connectivity index (χ3n) is 15.1. The van der Waals surface area contributed by atoms with Gasteiger partial charge >= 0.3 is 41.0 Å². The quantitative estimate of drug-likeness (QED) is 0.0307. The number of hydrogen-bond donors (Lipinski definition) is 3. The Balaban J connectivity index is 0.0000119. The SMILES string of the molecule is C=Cc1c(C)c2cc3nc(c(CC(=O)OC)c4nc(cc5[nH]c(cc1[nH]2)c(C)c5CC)C(C)=C4C(=O)NC(C)CC(=O)OCC)C(CCC(=O)OCC=C(C)CCCC(C)CCCC(C)CCCC(C)C)C3C.[Mg+2]. The number of rotatable bonds is 26. The maximum Gasteiger partial charge on any atom is 2.00 e. The van der Waals surface area contributed by atoms with Gasteiger partial charge in [0.2, 0.25) is 0 Å². The minimum absolute atomic E-state index is 0. The number of ether oxygens (including phenoxy) is 3. The Hall–Kier alpha value is -5.01. The fraction of sp³-hybridized carbons (Fsp3) is 0.574. The fourth-order valence-electron chi connectivity index (χ4n) is 10.6. The van der Waals surface area contributed by atoms with Crippen molar-refractivity contribution >= 4 is 86.2 Å². The maximum atomic E-state index is 14.7. The number of hydrogen-bond acceptors (Lipinski definition) is 9. The van der Waals surface area contributed by atoms with Crippen LogP contribution >= 0.6 is 0 Å². The van der Waals surface area contributed by atoms with Gasteiger partial charge in [0, 0.05) is 63.2 Å². The van der Waals surface area contributed by atoms with Crippen LogP contribution in [0.2, 0.25) is 0 Å². The number of aryl methyl sites for hydroxylation is 3. The number of amides is 1. The molecule has 13 heteroatoms. The first-order valence-corrected chi connectivity index (χ1v) is 27.2. The van der Waals surface area contributed by atoms with Crippen LogP contribution in [0.4, 0.5) is 0 Å². The van der Waals surface area contributed by atoms with Crippen molar-refractivity contribution in [1.82, 2.24) is 25.3 Å². The minimum Gasteiger partial charge on any atom is -0.469 e. The van der Waals surface area contributed by atoms with Gasteiger partial charge < -0.3 is 29.5 Å². The summed E-state index contributed by atoms with van der Waals surface area (Å²) in [7, 11) is 1.33. The van der Waals surface area contributed by atoms with Crippen LogP contribution in [0.5, 0.6) is 0 Å². The Morgan fingerprint density at radius 1 is 0.784 bits per heavy atom. The van der Waals surface area contributed by atoms with E-state index in [9.17, 15) is 19.2 Å². The summed E-state index contributed by atoms with van der Waals surface area (Å²) >= 11 is 0. The summed E-state index contributed by atoms with van der Waals surface area (Å²) < 4.78 is 16.3. The number of H-pyrrole nitrogens is 2. The zero-order valence-corrected chi connectivity index (χ0v) is 48.7. The van der Waals surface area contributed by atoms with Crippen LogP contribution in [0.15, 0.2) is 36.4 Å². The zero-order valence-electron chi connectivity index (χ0n) is 47.3. The Kier molecular flexibility index (Phi) is 24.4. The van der Waals surface area contributed by atoms with Gasteiger partial charge in [-0.2, -0.15) is 0 Å². The van der Waals surface area contributed by atoms with Gasteiger partial charge in [0.15, 0.2) is 0 Å². The molecule has 2 aliphatic heterocycles. The maximum absolute atomic E-state index is 14.7. The van der Waals surface area contributed by atoms with Crippen molar-refractivity contribution in [3.63, 3.8) is 0 Å². The molecule has 5 atom stereocenters. The van der Waals surface area contributed by atoms with Gasteiger partial charge in [-0.05, 0) is 132 Å². The molecule has 0 spiro atoms. The molecule has 3 aromatic heterocycles. The summed E-state index contributed by atoms with van der Waals surface area (Å²) in [4.78, 5) is 72.2. The van der Waals surface area contributed by atoms with Gasteiger partial charge in [0.1, 0.15) is 6.61 Å². The van der Waals surface area contributed by atoms with E-state index in [1.807, 2.05) is 31.2 Å². The Morgan fingerprint density at radius 3 is 2.07 bits per heavy atom. The molecule has 0 saturated heterocycles. The predicted octanol–water partition coefficient (Wildman–Crippen LogP) is 13.5. The number of methoxy groups -OCH3 is 1. The van der Waals surface area contributed by atoms with E-state index in [0.717, 1.165) is 81.1 Å². The van der Waals surface area contributed by atoms with Crippen LogP contribution in [0.25, 0.3) is 39.3 Å². The van der Waals surface area contributed by atoms with Crippen LogP contribution in [0.3, 0.4) is 0 Å². The molecule has 3 N–H and O–H groups in total. The van der Waals surface area contributed by atoms with E-state index in [-0.39, 0.29) is 78.9 Å². The number of nitrogens with one attached hydrogen (secondary N) is 3. The number of fused-ring (bicyclic) bond motifs is 8. The molecule has 0 aliphatic carbocycles. The molecule has 0 saturated carbocycles. The normalized spacial score (nSPS) is 15.8. The monoisotopic (exact) mass is 1030 g/mol. The van der Waals surface area contributed by atoms with Gasteiger partial charge in [-0.1, -0.05) is 105 Å². The second-order valence-corrected chi connectivity index (χ2v) is 21.4. The van der Waals surface area contributed by atoms with E-state index in [2.05, 4.69) is 90.2 Å². The van der Waals surface area contributed by atoms with Gasteiger partial charge in [-0.3, -0.25) is 24.2 Å². The van der Waals surface area contributed by atoms with Crippen LogP contribution in [0, 0.1) is 31.6 Å². The second kappa shape index (κ2) is 29.3. The van der Waals surface area contributed by atoms with E-state index in [1.165, 1.54) is 57.6 Å². The summed E-state index contributed by atoms with van der Waals surface area (Å²) in [5, 5.41) is 3.01. The van der Waals surface area contributed by atoms with Gasteiger partial charge in [0.05, 0.1) is 49.2 Å². The average molecular weight is 1030 g/mol. The van der Waals surface area contributed by atoms with Crippen molar-refractivity contribution in [3.8, 4) is 0 Å². The molecule has 1 amide bonds. The molecule has 12 nitrogen and oxygen atoms in total. The Labute approximate surface area is 458 Å². The molecule has 5 rings (SSSR count). The van der Waals surface area contributed by atoms with Crippen molar-refractivity contribution in [2.75, 3.05) is 20.3 Å². The number of esters is 3. The van der Waals surface area contributed by atoms with Crippen molar-refractivity contribution in [2.45, 2.75) is 191 Å². The van der Waals surface area contributed by atoms with Crippen LogP contribution in [-0.2, 0) is 46.2 Å². The molecule has 2 aliphatic rings. The molecule has 3 aromatic rings. The fourth-order valence-corrected chi connectivity index (χ4v) is 10.6. The molecule has 0 aromatic carbocycles. The molecule has 0 fully saturated rings. The van der Waals surface area contributed by atoms with E-state index in [0.29, 0.717) is 40.6 Å². The molecular weight excluding hydrogens is 939 g/mol. The average Bonchev–Trinajstić information content (AvgIpc) is 4.02. The van der Waals surface area contributed by atoms with Crippen molar-refractivity contribution in [1.29, 1.82) is 0 Å². The third kappa shape index (κ3) is 16.5. The summed E-state index contributed by atoms with van der Waals surface area (Å²) in [6.45, 7) is 29.7. The first-order valence-electron chi connectivity index (χ1n) is 27.2. The predicted molar refractivity (Wildman–Crippen MR) is 303 cm³/mol. The molecule has 8 bridgehead atoms. The van der Waals surface area contributed by atoms with Crippen molar-refractivity contribution in [3.05, 3.63) is 87.0 Å². The topological polar surface area (TPSA) is 165 Å². The molecule has 5 heterocycles. The third-order valence-corrected chi connectivity index (χ3v) is 15.1. The van der Waals surface area contributed by atoms with E-state index >= 15 is 0 Å².